The molecule has 0 spiro atoms. The van der Waals surface area contributed by atoms with Gasteiger partial charge < -0.3 is 4.74 Å². The molecule has 0 aromatic carbocycles. The van der Waals surface area contributed by atoms with Gasteiger partial charge in [-0.05, 0) is 12.8 Å². The summed E-state index contributed by atoms with van der Waals surface area (Å²) in [5, 5.41) is 0. The van der Waals surface area contributed by atoms with Crippen molar-refractivity contribution in [2.45, 2.75) is 39.7 Å². The Morgan fingerprint density at radius 1 is 1.33 bits per heavy atom. The highest BCUT2D eigenvalue weighted by atomic mass is 16.5. The highest BCUT2D eigenvalue weighted by molar-refractivity contribution is 5.79. The average molecular weight is 213 g/mol. The minimum absolute atomic E-state index is 0.408. The van der Waals surface area contributed by atoms with Crippen LogP contribution in [0.3, 0.4) is 0 Å². The molecule has 0 aliphatic carbocycles. The normalized spacial score (nSPS) is 20.9. The molecule has 0 saturated carbocycles. The fourth-order valence-corrected chi connectivity index (χ4v) is 2.06. The van der Waals surface area contributed by atoms with E-state index in [9.17, 15) is 4.79 Å². The second-order valence-corrected chi connectivity index (χ2v) is 4.55. The number of rotatable bonds is 5. The maximum absolute atomic E-state index is 11.2. The molecule has 1 aliphatic heterocycles. The molecule has 1 saturated heterocycles. The molecule has 0 N–H and O–H groups in total. The number of carbonyl (C=O) groups is 1. The van der Waals surface area contributed by atoms with E-state index in [-0.39, 0.29) is 0 Å². The number of hydrogen-bond acceptors (Lipinski definition) is 3. The first-order valence-corrected chi connectivity index (χ1v) is 5.98. The van der Waals surface area contributed by atoms with Gasteiger partial charge in [-0.15, -0.1) is 0 Å². The minimum Gasteiger partial charge on any atom is -0.380 e. The zero-order valence-electron chi connectivity index (χ0n) is 10.2. The lowest BCUT2D eigenvalue weighted by molar-refractivity contribution is -0.122. The zero-order valence-corrected chi connectivity index (χ0v) is 10.2. The number of nitrogens with zero attached hydrogens (tertiary/aromatic N) is 1. The van der Waals surface area contributed by atoms with Crippen molar-refractivity contribution in [3.05, 3.63) is 0 Å². The molecule has 3 heteroatoms. The van der Waals surface area contributed by atoms with E-state index in [0.717, 1.165) is 39.1 Å². The largest absolute Gasteiger partial charge is 0.380 e. The fourth-order valence-electron chi connectivity index (χ4n) is 2.06. The molecule has 0 aromatic rings. The molecule has 1 fully saturated rings. The molecule has 1 aliphatic rings. The summed E-state index contributed by atoms with van der Waals surface area (Å²) in [6.07, 6.45) is 1.44. The molecular weight excluding hydrogens is 190 g/mol. The molecule has 1 rings (SSSR count). The Balaban J connectivity index is 2.44. The molecule has 0 amide bonds. The Morgan fingerprint density at radius 3 is 2.40 bits per heavy atom. The van der Waals surface area contributed by atoms with Gasteiger partial charge in [0.25, 0.3) is 0 Å². The van der Waals surface area contributed by atoms with Crippen molar-refractivity contribution in [3.8, 4) is 0 Å². The van der Waals surface area contributed by atoms with Crippen LogP contribution in [0.5, 0.6) is 0 Å². The van der Waals surface area contributed by atoms with E-state index in [2.05, 4.69) is 18.7 Å². The van der Waals surface area contributed by atoms with Gasteiger partial charge in [-0.25, -0.2) is 0 Å². The summed E-state index contributed by atoms with van der Waals surface area (Å²) in [7, 11) is 0. The van der Waals surface area contributed by atoms with E-state index in [1.165, 1.54) is 0 Å². The number of likely N-dealkylation sites (tertiary alicyclic amines) is 1. The molecule has 1 unspecified atom stereocenters. The second kappa shape index (κ2) is 6.23. The van der Waals surface area contributed by atoms with Gasteiger partial charge in [-0.2, -0.15) is 0 Å². The van der Waals surface area contributed by atoms with E-state index in [4.69, 9.17) is 4.74 Å². The summed E-state index contributed by atoms with van der Waals surface area (Å²) < 4.78 is 5.51. The molecule has 0 radical (unpaired) electrons. The van der Waals surface area contributed by atoms with Crippen molar-refractivity contribution in [2.24, 2.45) is 5.92 Å². The predicted octanol–water partition coefficient (Wildman–Crippen LogP) is 1.71. The van der Waals surface area contributed by atoms with Gasteiger partial charge in [0.05, 0.1) is 6.61 Å². The Labute approximate surface area is 92.8 Å². The molecule has 1 atom stereocenters. The lowest BCUT2D eigenvalue weighted by atomic mass is 9.99. The van der Waals surface area contributed by atoms with E-state index in [1.807, 2.05) is 6.92 Å². The summed E-state index contributed by atoms with van der Waals surface area (Å²) in [6.45, 7) is 9.86. The van der Waals surface area contributed by atoms with Crippen molar-refractivity contribution in [2.75, 3.05) is 26.3 Å². The van der Waals surface area contributed by atoms with Gasteiger partial charge >= 0.3 is 0 Å². The number of ketones is 1. The number of Topliss-reactive ketones (excluding diaryl/α,β-unsaturated/α-hetero) is 1. The topological polar surface area (TPSA) is 29.5 Å². The van der Waals surface area contributed by atoms with E-state index >= 15 is 0 Å². The molecule has 15 heavy (non-hydrogen) atoms. The van der Waals surface area contributed by atoms with Crippen molar-refractivity contribution in [1.82, 2.24) is 4.90 Å². The monoisotopic (exact) mass is 213 g/mol. The first kappa shape index (κ1) is 12.7. The van der Waals surface area contributed by atoms with Gasteiger partial charge in [0.1, 0.15) is 5.78 Å². The zero-order chi connectivity index (χ0) is 11.3. The molecule has 0 bridgehead atoms. The van der Waals surface area contributed by atoms with Crippen LogP contribution in [0.25, 0.3) is 0 Å². The summed E-state index contributed by atoms with van der Waals surface area (Å²) in [6, 6.07) is 0.470. The standard InChI is InChI=1S/C12H23NO2/c1-4-15-9-12(10(2)3)13-7-5-11(14)6-8-13/h10,12H,4-9H2,1-3H3. The Kier molecular flexibility index (Phi) is 5.26. The number of carbonyl (C=O) groups excluding carboxylic acids is 1. The minimum atomic E-state index is 0.408. The van der Waals surface area contributed by atoms with Gasteiger partial charge in [0, 0.05) is 38.6 Å². The van der Waals surface area contributed by atoms with Crippen LogP contribution >= 0.6 is 0 Å². The summed E-state index contributed by atoms with van der Waals surface area (Å²) in [5.41, 5.74) is 0. The summed E-state index contributed by atoms with van der Waals surface area (Å²) in [5.74, 6) is 0.995. The van der Waals surface area contributed by atoms with Crippen molar-refractivity contribution < 1.29 is 9.53 Å². The van der Waals surface area contributed by atoms with Crippen LogP contribution in [-0.2, 0) is 9.53 Å². The highest BCUT2D eigenvalue weighted by Gasteiger charge is 2.25. The Morgan fingerprint density at radius 2 is 1.93 bits per heavy atom. The van der Waals surface area contributed by atoms with Crippen LogP contribution in [-0.4, -0.2) is 43.0 Å². The van der Waals surface area contributed by atoms with Gasteiger partial charge in [0.2, 0.25) is 0 Å². The van der Waals surface area contributed by atoms with Crippen molar-refractivity contribution >= 4 is 5.78 Å². The molecular formula is C12H23NO2. The number of hydrogen-bond donors (Lipinski definition) is 0. The van der Waals surface area contributed by atoms with Crippen LogP contribution < -0.4 is 0 Å². The van der Waals surface area contributed by atoms with Crippen LogP contribution in [0, 0.1) is 5.92 Å². The van der Waals surface area contributed by atoms with E-state index in [1.54, 1.807) is 0 Å². The average Bonchev–Trinajstić information content (AvgIpc) is 2.21. The maximum atomic E-state index is 11.2. The molecule has 3 nitrogen and oxygen atoms in total. The molecule has 88 valence electrons. The van der Waals surface area contributed by atoms with Gasteiger partial charge in [-0.3, -0.25) is 9.69 Å². The second-order valence-electron chi connectivity index (χ2n) is 4.55. The van der Waals surface area contributed by atoms with Gasteiger partial charge in [0.15, 0.2) is 0 Å². The lowest BCUT2D eigenvalue weighted by Crippen LogP contribution is -2.46. The molecule has 1 heterocycles. The third-order valence-electron chi connectivity index (χ3n) is 3.09. The number of ether oxygens (including phenoxy) is 1. The predicted molar refractivity (Wildman–Crippen MR) is 60.9 cm³/mol. The lowest BCUT2D eigenvalue weighted by Gasteiger charge is -2.36. The fraction of sp³-hybridized carbons (Fsp3) is 0.917. The first-order valence-electron chi connectivity index (χ1n) is 5.98. The molecule has 0 aromatic heterocycles. The number of piperidine rings is 1. The smallest absolute Gasteiger partial charge is 0.135 e. The van der Waals surface area contributed by atoms with Crippen LogP contribution in [0.1, 0.15) is 33.6 Å². The van der Waals surface area contributed by atoms with Gasteiger partial charge in [-0.1, -0.05) is 13.8 Å². The summed E-state index contributed by atoms with van der Waals surface area (Å²) in [4.78, 5) is 13.6. The summed E-state index contributed by atoms with van der Waals surface area (Å²) >= 11 is 0. The SMILES string of the molecule is CCOCC(C(C)C)N1CCC(=O)CC1. The van der Waals surface area contributed by atoms with Crippen LogP contribution in [0.15, 0.2) is 0 Å². The first-order chi connectivity index (χ1) is 7.15. The maximum Gasteiger partial charge on any atom is 0.135 e. The van der Waals surface area contributed by atoms with Crippen LogP contribution in [0.4, 0.5) is 0 Å². The van der Waals surface area contributed by atoms with E-state index in [0.29, 0.717) is 17.7 Å². The Hall–Kier alpha value is -0.410. The Bertz CT molecular complexity index is 194. The van der Waals surface area contributed by atoms with Crippen molar-refractivity contribution in [1.29, 1.82) is 0 Å². The van der Waals surface area contributed by atoms with E-state index < -0.39 is 0 Å². The quantitative estimate of drug-likeness (QED) is 0.696. The third-order valence-corrected chi connectivity index (χ3v) is 3.09. The van der Waals surface area contributed by atoms with Crippen molar-refractivity contribution in [3.63, 3.8) is 0 Å². The highest BCUT2D eigenvalue weighted by Crippen LogP contribution is 2.16. The van der Waals surface area contributed by atoms with Crippen LogP contribution in [0.2, 0.25) is 0 Å². The third kappa shape index (κ3) is 3.92.